The largest absolute Gasteiger partial charge is 0.418 e. The monoisotopic (exact) mass is 330 g/mol. The van der Waals surface area contributed by atoms with Crippen LogP contribution in [0.15, 0.2) is 48.8 Å². The molecule has 8 heteroatoms. The average Bonchev–Trinajstić information content (AvgIpc) is 2.88. The summed E-state index contributed by atoms with van der Waals surface area (Å²) in [5.41, 5.74) is -2.30. The molecule has 3 rings (SSSR count). The van der Waals surface area contributed by atoms with E-state index in [1.807, 2.05) is 0 Å². The summed E-state index contributed by atoms with van der Waals surface area (Å²) in [4.78, 5) is 3.96. The summed E-state index contributed by atoms with van der Waals surface area (Å²) in [6.07, 6.45) is -8.62. The smallest absolute Gasteiger partial charge is 0.298 e. The highest BCUT2D eigenvalue weighted by Crippen LogP contribution is 2.39. The van der Waals surface area contributed by atoms with Gasteiger partial charge in [-0.1, -0.05) is 12.1 Å². The van der Waals surface area contributed by atoms with Crippen molar-refractivity contribution in [3.63, 3.8) is 0 Å². The van der Waals surface area contributed by atoms with Crippen LogP contribution in [0.4, 0.5) is 26.3 Å². The fourth-order valence-corrected chi connectivity index (χ4v) is 2.30. The van der Waals surface area contributed by atoms with Gasteiger partial charge in [0, 0.05) is 0 Å². The van der Waals surface area contributed by atoms with Gasteiger partial charge >= 0.3 is 12.4 Å². The number of benzene rings is 2. The molecule has 120 valence electrons. The second-order valence-corrected chi connectivity index (χ2v) is 4.83. The second kappa shape index (κ2) is 5.00. The second-order valence-electron chi connectivity index (χ2n) is 4.83. The van der Waals surface area contributed by atoms with Crippen molar-refractivity contribution in [3.8, 4) is 5.69 Å². The Balaban J connectivity index is 2.27. The van der Waals surface area contributed by atoms with Crippen molar-refractivity contribution in [1.29, 1.82) is 0 Å². The van der Waals surface area contributed by atoms with Crippen molar-refractivity contribution in [2.45, 2.75) is 12.4 Å². The number of nitrogens with zero attached hydrogens (tertiary/aromatic N) is 2. The summed E-state index contributed by atoms with van der Waals surface area (Å²) in [5, 5.41) is 0. The number of alkyl halides is 6. The summed E-state index contributed by atoms with van der Waals surface area (Å²) in [6, 6.07) is 7.96. The maximum absolute atomic E-state index is 13.2. The van der Waals surface area contributed by atoms with Crippen molar-refractivity contribution >= 4 is 11.0 Å². The van der Waals surface area contributed by atoms with Crippen molar-refractivity contribution in [2.24, 2.45) is 0 Å². The van der Waals surface area contributed by atoms with Crippen molar-refractivity contribution in [2.75, 3.05) is 0 Å². The van der Waals surface area contributed by atoms with Gasteiger partial charge in [-0.2, -0.15) is 26.3 Å². The molecule has 0 aliphatic rings. The standard InChI is InChI=1S/C15H8F6N2/c16-14(17,18)9-5-6-12(10(7-9)15(19,20)21)23-8-22-11-3-1-2-4-13(11)23/h1-8H. The first-order valence-electron chi connectivity index (χ1n) is 6.39. The quantitative estimate of drug-likeness (QED) is 0.570. The third-order valence-corrected chi connectivity index (χ3v) is 3.34. The molecule has 0 N–H and O–H groups in total. The lowest BCUT2D eigenvalue weighted by Gasteiger charge is -2.16. The number of aromatic nitrogens is 2. The van der Waals surface area contributed by atoms with E-state index in [0.717, 1.165) is 17.0 Å². The van der Waals surface area contributed by atoms with Gasteiger partial charge in [0.05, 0.1) is 27.8 Å². The molecule has 0 fully saturated rings. The van der Waals surface area contributed by atoms with E-state index in [2.05, 4.69) is 4.98 Å². The Morgan fingerprint density at radius 3 is 2.17 bits per heavy atom. The lowest BCUT2D eigenvalue weighted by molar-refractivity contribution is -0.143. The van der Waals surface area contributed by atoms with Crippen LogP contribution in [-0.2, 0) is 12.4 Å². The van der Waals surface area contributed by atoms with Gasteiger partial charge in [0.25, 0.3) is 0 Å². The minimum absolute atomic E-state index is 0.115. The van der Waals surface area contributed by atoms with Crippen LogP contribution >= 0.6 is 0 Å². The molecule has 0 saturated heterocycles. The van der Waals surface area contributed by atoms with Crippen LogP contribution in [-0.4, -0.2) is 9.55 Å². The molecule has 0 aliphatic carbocycles. The van der Waals surface area contributed by atoms with Crippen LogP contribution in [0.25, 0.3) is 16.7 Å². The zero-order chi connectivity index (χ0) is 16.8. The van der Waals surface area contributed by atoms with E-state index >= 15 is 0 Å². The molecule has 0 bridgehead atoms. The average molecular weight is 330 g/mol. The molecule has 3 aromatic rings. The van der Waals surface area contributed by atoms with Gasteiger partial charge in [0.15, 0.2) is 0 Å². The Bertz CT molecular complexity index is 860. The van der Waals surface area contributed by atoms with Crippen molar-refractivity contribution in [1.82, 2.24) is 9.55 Å². The molecular formula is C15H8F6N2. The van der Waals surface area contributed by atoms with Crippen LogP contribution < -0.4 is 0 Å². The van der Waals surface area contributed by atoms with Crippen molar-refractivity contribution in [3.05, 3.63) is 59.9 Å². The van der Waals surface area contributed by atoms with Crippen LogP contribution in [0.1, 0.15) is 11.1 Å². The summed E-state index contributed by atoms with van der Waals surface area (Å²) in [5.74, 6) is 0. The van der Waals surface area contributed by atoms with Gasteiger partial charge in [0.1, 0.15) is 6.33 Å². The zero-order valence-electron chi connectivity index (χ0n) is 11.3. The number of halogens is 6. The van der Waals surface area contributed by atoms with Gasteiger partial charge < -0.3 is 0 Å². The van der Waals surface area contributed by atoms with E-state index in [0.29, 0.717) is 17.1 Å². The molecule has 23 heavy (non-hydrogen) atoms. The van der Waals surface area contributed by atoms with Gasteiger partial charge in [-0.25, -0.2) is 4.98 Å². The zero-order valence-corrected chi connectivity index (χ0v) is 11.3. The molecule has 0 amide bonds. The molecule has 2 nitrogen and oxygen atoms in total. The Hall–Kier alpha value is -2.51. The van der Waals surface area contributed by atoms with Gasteiger partial charge in [-0.05, 0) is 30.3 Å². The van der Waals surface area contributed by atoms with E-state index in [1.165, 1.54) is 0 Å². The summed E-state index contributed by atoms with van der Waals surface area (Å²) < 4.78 is 78.8. The lowest BCUT2D eigenvalue weighted by atomic mass is 10.1. The lowest BCUT2D eigenvalue weighted by Crippen LogP contribution is -2.14. The number of imidazole rings is 1. The molecule has 1 heterocycles. The number of para-hydroxylation sites is 2. The Morgan fingerprint density at radius 2 is 1.52 bits per heavy atom. The van der Waals surface area contributed by atoms with Gasteiger partial charge in [-0.15, -0.1) is 0 Å². The topological polar surface area (TPSA) is 17.8 Å². The molecular weight excluding hydrogens is 322 g/mol. The fourth-order valence-electron chi connectivity index (χ4n) is 2.30. The van der Waals surface area contributed by atoms with Crippen LogP contribution in [0, 0.1) is 0 Å². The predicted octanol–water partition coefficient (Wildman–Crippen LogP) is 5.06. The highest BCUT2D eigenvalue weighted by molar-refractivity contribution is 5.77. The summed E-state index contributed by atoms with van der Waals surface area (Å²) in [7, 11) is 0. The number of hydrogen-bond acceptors (Lipinski definition) is 1. The third kappa shape index (κ3) is 2.76. The number of hydrogen-bond donors (Lipinski definition) is 0. The van der Waals surface area contributed by atoms with Crippen LogP contribution in [0.5, 0.6) is 0 Å². The van der Waals surface area contributed by atoms with Crippen LogP contribution in [0.3, 0.4) is 0 Å². The van der Waals surface area contributed by atoms with E-state index in [4.69, 9.17) is 0 Å². The first-order chi connectivity index (χ1) is 10.7. The molecule has 2 aromatic carbocycles. The molecule has 0 unspecified atom stereocenters. The maximum Gasteiger partial charge on any atom is 0.418 e. The molecule has 0 saturated carbocycles. The minimum Gasteiger partial charge on any atom is -0.298 e. The van der Waals surface area contributed by atoms with E-state index < -0.39 is 29.2 Å². The molecule has 0 radical (unpaired) electrons. The first-order valence-corrected chi connectivity index (χ1v) is 6.39. The fraction of sp³-hybridized carbons (Fsp3) is 0.133. The Labute approximate surface area is 126 Å². The first kappa shape index (κ1) is 15.4. The normalized spacial score (nSPS) is 12.8. The third-order valence-electron chi connectivity index (χ3n) is 3.34. The highest BCUT2D eigenvalue weighted by Gasteiger charge is 2.38. The Morgan fingerprint density at radius 1 is 0.826 bits per heavy atom. The highest BCUT2D eigenvalue weighted by atomic mass is 19.4. The SMILES string of the molecule is FC(F)(F)c1ccc(-n2cnc3ccccc32)c(C(F)(F)F)c1. The van der Waals surface area contributed by atoms with Crippen molar-refractivity contribution < 1.29 is 26.3 Å². The van der Waals surface area contributed by atoms with E-state index in [9.17, 15) is 26.3 Å². The van der Waals surface area contributed by atoms with Gasteiger partial charge in [-0.3, -0.25) is 4.57 Å². The van der Waals surface area contributed by atoms with E-state index in [1.54, 1.807) is 24.3 Å². The molecule has 0 aliphatic heterocycles. The molecule has 0 spiro atoms. The van der Waals surface area contributed by atoms with E-state index in [-0.39, 0.29) is 6.07 Å². The summed E-state index contributed by atoms with van der Waals surface area (Å²) >= 11 is 0. The maximum atomic E-state index is 13.2. The number of rotatable bonds is 1. The Kier molecular flexibility index (Phi) is 3.35. The predicted molar refractivity (Wildman–Crippen MR) is 71.1 cm³/mol. The number of fused-ring (bicyclic) bond motifs is 1. The molecule has 1 aromatic heterocycles. The summed E-state index contributed by atoms with van der Waals surface area (Å²) in [6.45, 7) is 0. The van der Waals surface area contributed by atoms with Crippen LogP contribution in [0.2, 0.25) is 0 Å². The minimum atomic E-state index is -4.93. The van der Waals surface area contributed by atoms with Gasteiger partial charge in [0.2, 0.25) is 0 Å². The molecule has 0 atom stereocenters.